The molecule has 0 saturated carbocycles. The zero-order valence-electron chi connectivity index (χ0n) is 12.7. The first-order valence-electron chi connectivity index (χ1n) is 7.34. The highest BCUT2D eigenvalue weighted by atomic mass is 35.5. The third-order valence-electron chi connectivity index (χ3n) is 3.79. The second-order valence-corrected chi connectivity index (χ2v) is 6.23. The number of ether oxygens (including phenoxy) is 1. The maximum Gasteiger partial charge on any atom is 0.407 e. The summed E-state index contributed by atoms with van der Waals surface area (Å²) in [6.45, 7) is 0.174. The second-order valence-electron chi connectivity index (χ2n) is 5.42. The smallest absolute Gasteiger partial charge is 0.407 e. The fraction of sp³-hybridized carbons (Fsp3) is 0.467. The van der Waals surface area contributed by atoms with E-state index in [1.165, 1.54) is 4.90 Å². The summed E-state index contributed by atoms with van der Waals surface area (Å²) >= 11 is 12.0. The molecule has 0 unspecified atom stereocenters. The lowest BCUT2D eigenvalue weighted by atomic mass is 9.95. The number of amides is 2. The summed E-state index contributed by atoms with van der Waals surface area (Å²) in [4.78, 5) is 23.9. The van der Waals surface area contributed by atoms with Crippen LogP contribution in [0.1, 0.15) is 11.7 Å². The molecular weight excluding hydrogens is 359 g/mol. The van der Waals surface area contributed by atoms with Crippen LogP contribution < -0.4 is 5.32 Å². The van der Waals surface area contributed by atoms with Crippen molar-refractivity contribution in [1.82, 2.24) is 10.2 Å². The molecule has 2 atom stereocenters. The summed E-state index contributed by atoms with van der Waals surface area (Å²) in [7, 11) is 0. The lowest BCUT2D eigenvalue weighted by molar-refractivity contribution is -0.124. The van der Waals surface area contributed by atoms with E-state index >= 15 is 0 Å². The van der Waals surface area contributed by atoms with Crippen LogP contribution in [0.15, 0.2) is 18.2 Å². The van der Waals surface area contributed by atoms with Crippen LogP contribution in [0.25, 0.3) is 0 Å². The minimum atomic E-state index is -1.05. The molecule has 9 heteroatoms. The van der Waals surface area contributed by atoms with E-state index in [4.69, 9.17) is 33.0 Å². The van der Waals surface area contributed by atoms with E-state index in [0.29, 0.717) is 10.0 Å². The van der Waals surface area contributed by atoms with Crippen LogP contribution in [0.2, 0.25) is 10.0 Å². The van der Waals surface area contributed by atoms with Crippen LogP contribution in [-0.2, 0) is 9.53 Å². The predicted octanol–water partition coefficient (Wildman–Crippen LogP) is 1.77. The van der Waals surface area contributed by atoms with Gasteiger partial charge in [0.15, 0.2) is 0 Å². The standard InChI is InChI=1S/C15H18Cl2N2O5/c16-11-2-1-9(5-12(11)17)14-10(6-18-13(21)8-20)7-19(15(22)23)3-4-24-14/h1-2,5,10,14,20H,3-4,6-8H2,(H,18,21)(H,22,23)/t10-,14+/m1/s1. The lowest BCUT2D eigenvalue weighted by Gasteiger charge is -2.27. The Kier molecular flexibility index (Phi) is 6.68. The molecule has 1 heterocycles. The summed E-state index contributed by atoms with van der Waals surface area (Å²) in [5, 5.41) is 21.4. The molecule has 1 aromatic carbocycles. The number of carbonyl (C=O) groups excluding carboxylic acids is 1. The zero-order valence-corrected chi connectivity index (χ0v) is 14.3. The van der Waals surface area contributed by atoms with Crippen molar-refractivity contribution in [3.63, 3.8) is 0 Å². The summed E-state index contributed by atoms with van der Waals surface area (Å²) in [5.74, 6) is -0.870. The van der Waals surface area contributed by atoms with Gasteiger partial charge in [-0.3, -0.25) is 4.79 Å². The molecular formula is C15H18Cl2N2O5. The lowest BCUT2D eigenvalue weighted by Crippen LogP contribution is -2.40. The van der Waals surface area contributed by atoms with Gasteiger partial charge in [-0.1, -0.05) is 29.3 Å². The van der Waals surface area contributed by atoms with Crippen molar-refractivity contribution < 1.29 is 24.5 Å². The third-order valence-corrected chi connectivity index (χ3v) is 4.53. The number of aliphatic hydroxyl groups excluding tert-OH is 1. The minimum Gasteiger partial charge on any atom is -0.465 e. The topological polar surface area (TPSA) is 99.1 Å². The molecule has 1 fully saturated rings. The Bertz CT molecular complexity index is 614. The van der Waals surface area contributed by atoms with Crippen LogP contribution in [0.4, 0.5) is 4.79 Å². The van der Waals surface area contributed by atoms with E-state index in [2.05, 4.69) is 5.32 Å². The van der Waals surface area contributed by atoms with Crippen molar-refractivity contribution in [2.45, 2.75) is 6.10 Å². The normalized spacial score (nSPS) is 21.2. The number of halogens is 2. The monoisotopic (exact) mass is 376 g/mol. The molecule has 3 N–H and O–H groups in total. The molecule has 2 rings (SSSR count). The number of carboxylic acid groups (broad SMARTS) is 1. The van der Waals surface area contributed by atoms with Crippen molar-refractivity contribution in [2.24, 2.45) is 5.92 Å². The molecule has 1 saturated heterocycles. The highest BCUT2D eigenvalue weighted by Crippen LogP contribution is 2.33. The summed E-state index contributed by atoms with van der Waals surface area (Å²) < 4.78 is 5.82. The molecule has 1 aliphatic heterocycles. The zero-order chi connectivity index (χ0) is 17.7. The van der Waals surface area contributed by atoms with Gasteiger partial charge in [0.25, 0.3) is 0 Å². The molecule has 7 nitrogen and oxygen atoms in total. The summed E-state index contributed by atoms with van der Waals surface area (Å²) in [5.41, 5.74) is 0.750. The van der Waals surface area contributed by atoms with Crippen LogP contribution >= 0.6 is 23.2 Å². The number of rotatable bonds is 4. The van der Waals surface area contributed by atoms with Gasteiger partial charge in [0.05, 0.1) is 22.8 Å². The number of benzene rings is 1. The van der Waals surface area contributed by atoms with Crippen LogP contribution in [-0.4, -0.2) is 60.0 Å². The van der Waals surface area contributed by atoms with Gasteiger partial charge in [-0.2, -0.15) is 0 Å². The van der Waals surface area contributed by atoms with Gasteiger partial charge >= 0.3 is 6.09 Å². The number of hydrogen-bond acceptors (Lipinski definition) is 4. The maximum atomic E-state index is 11.3. The molecule has 2 amide bonds. The average molecular weight is 377 g/mol. The first-order valence-corrected chi connectivity index (χ1v) is 8.10. The Morgan fingerprint density at radius 3 is 2.71 bits per heavy atom. The molecule has 1 aromatic rings. The molecule has 0 spiro atoms. The Balaban J connectivity index is 2.24. The van der Waals surface area contributed by atoms with Crippen LogP contribution in [0, 0.1) is 5.92 Å². The third kappa shape index (κ3) is 4.73. The highest BCUT2D eigenvalue weighted by Gasteiger charge is 2.31. The average Bonchev–Trinajstić information content (AvgIpc) is 2.77. The van der Waals surface area contributed by atoms with Gasteiger partial charge in [0.2, 0.25) is 5.91 Å². The summed E-state index contributed by atoms with van der Waals surface area (Å²) in [6, 6.07) is 5.08. The van der Waals surface area contributed by atoms with Crippen molar-refractivity contribution in [3.05, 3.63) is 33.8 Å². The molecule has 1 aliphatic rings. The van der Waals surface area contributed by atoms with Gasteiger partial charge in [-0.15, -0.1) is 0 Å². The molecule has 0 radical (unpaired) electrons. The SMILES string of the molecule is O=C(CO)NC[C@@H]1CN(C(=O)O)CCO[C@H]1c1ccc(Cl)c(Cl)c1. The molecule has 0 bridgehead atoms. The fourth-order valence-corrected chi connectivity index (χ4v) is 2.91. The van der Waals surface area contributed by atoms with E-state index in [9.17, 15) is 14.7 Å². The van der Waals surface area contributed by atoms with Crippen molar-refractivity contribution in [3.8, 4) is 0 Å². The minimum absolute atomic E-state index is 0.161. The van der Waals surface area contributed by atoms with E-state index in [1.807, 2.05) is 0 Å². The summed E-state index contributed by atoms with van der Waals surface area (Å²) in [6.07, 6.45) is -1.50. The van der Waals surface area contributed by atoms with E-state index in [0.717, 1.165) is 5.56 Å². The van der Waals surface area contributed by atoms with Crippen LogP contribution in [0.3, 0.4) is 0 Å². The Morgan fingerprint density at radius 1 is 1.33 bits per heavy atom. The van der Waals surface area contributed by atoms with Crippen LogP contribution in [0.5, 0.6) is 0 Å². The second kappa shape index (κ2) is 8.53. The first-order chi connectivity index (χ1) is 11.4. The molecule has 132 valence electrons. The fourth-order valence-electron chi connectivity index (χ4n) is 2.60. The molecule has 24 heavy (non-hydrogen) atoms. The van der Waals surface area contributed by atoms with Gasteiger partial charge in [-0.25, -0.2) is 4.79 Å². The van der Waals surface area contributed by atoms with E-state index in [1.54, 1.807) is 18.2 Å². The molecule has 0 aromatic heterocycles. The maximum absolute atomic E-state index is 11.3. The number of carbonyl (C=O) groups is 2. The quantitative estimate of drug-likeness (QED) is 0.743. The van der Waals surface area contributed by atoms with E-state index in [-0.39, 0.29) is 32.2 Å². The van der Waals surface area contributed by atoms with Crippen molar-refractivity contribution in [2.75, 3.05) is 32.8 Å². The van der Waals surface area contributed by atoms with Gasteiger partial charge in [-0.05, 0) is 17.7 Å². The largest absolute Gasteiger partial charge is 0.465 e. The Hall–Kier alpha value is -1.54. The highest BCUT2D eigenvalue weighted by molar-refractivity contribution is 6.42. The van der Waals surface area contributed by atoms with Gasteiger partial charge in [0, 0.05) is 25.6 Å². The first kappa shape index (κ1) is 18.8. The molecule has 0 aliphatic carbocycles. The van der Waals surface area contributed by atoms with Crippen molar-refractivity contribution >= 4 is 35.2 Å². The van der Waals surface area contributed by atoms with E-state index < -0.39 is 24.7 Å². The number of aliphatic hydroxyl groups is 1. The predicted molar refractivity (Wildman–Crippen MR) is 88.3 cm³/mol. The Morgan fingerprint density at radius 2 is 2.08 bits per heavy atom. The van der Waals surface area contributed by atoms with Gasteiger partial charge < -0.3 is 25.2 Å². The Labute approximate surface area is 149 Å². The van der Waals surface area contributed by atoms with Crippen molar-refractivity contribution in [1.29, 1.82) is 0 Å². The number of nitrogens with zero attached hydrogens (tertiary/aromatic N) is 1. The number of hydrogen-bond donors (Lipinski definition) is 3. The number of nitrogens with one attached hydrogen (secondary N) is 1. The van der Waals surface area contributed by atoms with Gasteiger partial charge in [0.1, 0.15) is 6.61 Å².